The van der Waals surface area contributed by atoms with Gasteiger partial charge in [0.2, 0.25) is 5.82 Å². The van der Waals surface area contributed by atoms with E-state index in [1.807, 2.05) is 10.3 Å². The number of ether oxygens (including phenoxy) is 2. The summed E-state index contributed by atoms with van der Waals surface area (Å²) in [7, 11) is 0. The average molecular weight is 718 g/mol. The number of phenols is 1. The molecule has 4 heterocycles. The van der Waals surface area contributed by atoms with Crippen molar-refractivity contribution in [2.75, 3.05) is 59.0 Å². The van der Waals surface area contributed by atoms with Gasteiger partial charge in [-0.2, -0.15) is 4.39 Å². The lowest BCUT2D eigenvalue weighted by molar-refractivity contribution is -0.127. The van der Waals surface area contributed by atoms with Gasteiger partial charge in [-0.1, -0.05) is 37.3 Å². The summed E-state index contributed by atoms with van der Waals surface area (Å²) in [5, 5.41) is 26.4. The Morgan fingerprint density at radius 2 is 1.98 bits per heavy atom. The maximum absolute atomic E-state index is 14.9. The summed E-state index contributed by atoms with van der Waals surface area (Å²) in [6.07, 6.45) is 0.710. The average Bonchev–Trinajstić information content (AvgIpc) is 3.75. The lowest BCUT2D eigenvalue weighted by atomic mass is 9.89. The van der Waals surface area contributed by atoms with Crippen molar-refractivity contribution in [2.45, 2.75) is 50.7 Å². The molecule has 49 heavy (non-hydrogen) atoms. The molecule has 4 aromatic rings. The van der Waals surface area contributed by atoms with E-state index < -0.39 is 23.3 Å². The highest BCUT2D eigenvalue weighted by molar-refractivity contribution is 7.16. The molecule has 1 atom stereocenters. The number of fused-ring (bicyclic) bond motifs is 1. The van der Waals surface area contributed by atoms with Crippen LogP contribution < -0.4 is 14.9 Å². The van der Waals surface area contributed by atoms with Crippen LogP contribution in [0.2, 0.25) is 0 Å². The molecular formula is C34H41F2N5O6S2. The number of piperidine rings is 1. The van der Waals surface area contributed by atoms with Crippen LogP contribution in [0.4, 0.5) is 8.78 Å². The van der Waals surface area contributed by atoms with Gasteiger partial charge >= 0.3 is 4.87 Å². The highest BCUT2D eigenvalue weighted by Gasteiger charge is 2.41. The van der Waals surface area contributed by atoms with E-state index in [2.05, 4.69) is 34.0 Å². The molecule has 0 bridgehead atoms. The summed E-state index contributed by atoms with van der Waals surface area (Å²) in [5.41, 5.74) is 1.04. The molecular weight excluding hydrogens is 677 g/mol. The Kier molecular flexibility index (Phi) is 11.0. The van der Waals surface area contributed by atoms with Crippen LogP contribution in [0, 0.1) is 11.6 Å². The van der Waals surface area contributed by atoms with Crippen LogP contribution in [0.1, 0.15) is 65.3 Å². The van der Waals surface area contributed by atoms with Crippen molar-refractivity contribution >= 4 is 38.8 Å². The zero-order valence-corrected chi connectivity index (χ0v) is 29.1. The van der Waals surface area contributed by atoms with Gasteiger partial charge in [0.1, 0.15) is 23.6 Å². The predicted molar refractivity (Wildman–Crippen MR) is 184 cm³/mol. The number of rotatable bonds is 12. The molecule has 4 N–H and O–H groups in total. The topological polar surface area (TPSA) is 140 Å². The van der Waals surface area contributed by atoms with Gasteiger partial charge in [0, 0.05) is 49.6 Å². The normalized spacial score (nSPS) is 17.3. The molecule has 2 aromatic heterocycles. The van der Waals surface area contributed by atoms with E-state index in [1.54, 1.807) is 6.07 Å². The molecule has 0 aliphatic carbocycles. The Labute approximate surface area is 290 Å². The summed E-state index contributed by atoms with van der Waals surface area (Å²) in [6, 6.07) is 5.89. The molecule has 0 saturated carbocycles. The molecule has 11 nitrogen and oxygen atoms in total. The van der Waals surface area contributed by atoms with E-state index in [-0.39, 0.29) is 65.4 Å². The number of likely N-dealkylation sites (tertiary alicyclic amines) is 1. The zero-order chi connectivity index (χ0) is 34.7. The van der Waals surface area contributed by atoms with Crippen molar-refractivity contribution < 1.29 is 33.3 Å². The van der Waals surface area contributed by atoms with Crippen molar-refractivity contribution in [1.82, 2.24) is 25.1 Å². The fourth-order valence-electron chi connectivity index (χ4n) is 6.35. The van der Waals surface area contributed by atoms with E-state index in [0.29, 0.717) is 42.2 Å². The molecule has 0 unspecified atom stereocenters. The molecule has 2 aliphatic rings. The highest BCUT2D eigenvalue weighted by atomic mass is 32.1. The molecule has 2 aliphatic heterocycles. The summed E-state index contributed by atoms with van der Waals surface area (Å²) < 4.78 is 42.1. The minimum Gasteiger partial charge on any atom is -0.506 e. The molecule has 1 amide bonds. The third kappa shape index (κ3) is 7.97. The second kappa shape index (κ2) is 15.2. The van der Waals surface area contributed by atoms with Gasteiger partial charge in [-0.15, -0.1) is 11.3 Å². The minimum atomic E-state index is -1.04. The number of carbonyl (C=O) groups excluding carboxylic acids is 1. The Bertz CT molecular complexity index is 1840. The number of aromatic hydroxyl groups is 1. The van der Waals surface area contributed by atoms with Crippen molar-refractivity contribution in [3.63, 3.8) is 0 Å². The Hall–Kier alpha value is -3.47. The number of phenolic OH excluding ortho intramolecular Hbond substituents is 1. The third-order valence-electron chi connectivity index (χ3n) is 9.19. The Morgan fingerprint density at radius 3 is 2.73 bits per heavy atom. The van der Waals surface area contributed by atoms with Gasteiger partial charge in [0.25, 0.3) is 5.91 Å². The number of hydrogen-bond donors (Lipinski definition) is 4. The van der Waals surface area contributed by atoms with Crippen molar-refractivity contribution in [3.05, 3.63) is 72.8 Å². The number of halogens is 2. The van der Waals surface area contributed by atoms with Crippen LogP contribution in [0.25, 0.3) is 10.2 Å². The van der Waals surface area contributed by atoms with E-state index in [9.17, 15) is 28.6 Å². The molecule has 15 heteroatoms. The van der Waals surface area contributed by atoms with Crippen LogP contribution >= 0.6 is 22.7 Å². The van der Waals surface area contributed by atoms with E-state index in [0.717, 1.165) is 42.3 Å². The Balaban J connectivity index is 0.932. The van der Waals surface area contributed by atoms with Gasteiger partial charge in [0.05, 0.1) is 34.6 Å². The number of aromatic nitrogens is 2. The number of carbonyl (C=O) groups is 1. The summed E-state index contributed by atoms with van der Waals surface area (Å²) in [6.45, 7) is 8.26. The van der Waals surface area contributed by atoms with Gasteiger partial charge in [-0.25, -0.2) is 9.37 Å². The standard InChI is InChI=1S/C34H41F2N5O6S2/c1-20(2)31-38-23(18-48-31)32(44)41-14-16-47-34(19-41)8-11-40(12-9-34)13-15-46-26-6-3-21(27(35)28(26)36)7-10-37-17-25(43)22-4-5-24(42)29-30(22)49-33(45)39-29/h3-6,18,20,25,37,42-43H,7-17,19H2,1-2H3,(H,39,45)/t25-/m0/s1. The third-order valence-corrected chi connectivity index (χ3v) is 11.3. The highest BCUT2D eigenvalue weighted by Crippen LogP contribution is 2.33. The summed E-state index contributed by atoms with van der Waals surface area (Å²) >= 11 is 2.41. The number of nitrogens with one attached hydrogen (secondary N) is 2. The van der Waals surface area contributed by atoms with Crippen LogP contribution in [0.3, 0.4) is 0 Å². The van der Waals surface area contributed by atoms with Gasteiger partial charge < -0.3 is 34.9 Å². The maximum Gasteiger partial charge on any atom is 0.305 e. The van der Waals surface area contributed by atoms with Gasteiger partial charge in [0.15, 0.2) is 11.6 Å². The fraction of sp³-hybridized carbons (Fsp3) is 0.500. The molecule has 2 aromatic carbocycles. The van der Waals surface area contributed by atoms with E-state index in [1.165, 1.54) is 29.5 Å². The van der Waals surface area contributed by atoms with E-state index in [4.69, 9.17) is 9.47 Å². The van der Waals surface area contributed by atoms with E-state index >= 15 is 0 Å². The first kappa shape index (κ1) is 35.4. The number of aromatic amines is 1. The number of morpholine rings is 1. The number of H-pyrrole nitrogens is 1. The first-order valence-corrected chi connectivity index (χ1v) is 18.2. The maximum atomic E-state index is 14.9. The van der Waals surface area contributed by atoms with Gasteiger partial charge in [-0.3, -0.25) is 14.5 Å². The molecule has 2 saturated heterocycles. The number of hydrogen-bond acceptors (Lipinski definition) is 11. The van der Waals surface area contributed by atoms with Crippen LogP contribution in [-0.4, -0.2) is 101 Å². The zero-order valence-electron chi connectivity index (χ0n) is 27.5. The fourth-order valence-corrected chi connectivity index (χ4v) is 8.08. The van der Waals surface area contributed by atoms with Crippen molar-refractivity contribution in [3.8, 4) is 11.5 Å². The minimum absolute atomic E-state index is 0.0536. The first-order chi connectivity index (χ1) is 23.5. The number of aliphatic hydroxyl groups excluding tert-OH is 1. The quantitative estimate of drug-likeness (QED) is 0.157. The van der Waals surface area contributed by atoms with Crippen LogP contribution in [-0.2, 0) is 11.2 Å². The molecule has 1 spiro atoms. The number of amides is 1. The number of aliphatic hydroxyl groups is 1. The summed E-state index contributed by atoms with van der Waals surface area (Å²) in [4.78, 5) is 35.7. The second-order valence-corrected chi connectivity index (χ2v) is 14.8. The molecule has 6 rings (SSSR count). The summed E-state index contributed by atoms with van der Waals surface area (Å²) in [5.74, 6) is -2.00. The number of nitrogens with zero attached hydrogens (tertiary/aromatic N) is 3. The van der Waals surface area contributed by atoms with Crippen LogP contribution in [0.15, 0.2) is 34.4 Å². The lowest BCUT2D eigenvalue weighted by Gasteiger charge is -2.47. The van der Waals surface area contributed by atoms with Crippen LogP contribution in [0.5, 0.6) is 11.5 Å². The largest absolute Gasteiger partial charge is 0.506 e. The number of benzene rings is 2. The van der Waals surface area contributed by atoms with Crippen molar-refractivity contribution in [2.24, 2.45) is 0 Å². The van der Waals surface area contributed by atoms with Crippen molar-refractivity contribution in [1.29, 1.82) is 0 Å². The SMILES string of the molecule is CC(C)c1nc(C(=O)N2CCOC3(CCN(CCOc4ccc(CCNC[C@H](O)c5ccc(O)c6[nH]c(=O)sc56)c(F)c4F)CC3)C2)cs1. The van der Waals surface area contributed by atoms with Gasteiger partial charge in [-0.05, 0) is 43.5 Å². The lowest BCUT2D eigenvalue weighted by Crippen LogP contribution is -2.58. The number of thiazole rings is 2. The molecule has 264 valence electrons. The monoisotopic (exact) mass is 717 g/mol. The molecule has 2 fully saturated rings. The predicted octanol–water partition coefficient (Wildman–Crippen LogP) is 4.41. The smallest absolute Gasteiger partial charge is 0.305 e. The first-order valence-electron chi connectivity index (χ1n) is 16.5. The molecule has 0 radical (unpaired) electrons. The Morgan fingerprint density at radius 1 is 1.18 bits per heavy atom. The second-order valence-electron chi connectivity index (χ2n) is 12.9.